The Morgan fingerprint density at radius 2 is 1.94 bits per heavy atom. The average molecular weight is 254 g/mol. The van der Waals surface area contributed by atoms with Crippen LogP contribution in [0.15, 0.2) is 0 Å². The summed E-state index contributed by atoms with van der Waals surface area (Å²) in [6.45, 7) is 17.8. The van der Waals surface area contributed by atoms with Crippen LogP contribution in [0.4, 0.5) is 0 Å². The second-order valence-electron chi connectivity index (χ2n) is 7.35. The Morgan fingerprint density at radius 1 is 1.28 bits per heavy atom. The molecule has 18 heavy (non-hydrogen) atoms. The Kier molecular flexibility index (Phi) is 6.13. The molecule has 0 radical (unpaired) electrons. The minimum Gasteiger partial charge on any atom is -0.313 e. The van der Waals surface area contributed by atoms with Crippen molar-refractivity contribution in [3.63, 3.8) is 0 Å². The van der Waals surface area contributed by atoms with Crippen LogP contribution in [-0.4, -0.2) is 36.6 Å². The minimum atomic E-state index is 0.365. The molecule has 0 aliphatic carbocycles. The summed E-state index contributed by atoms with van der Waals surface area (Å²) in [6.07, 6.45) is 3.88. The van der Waals surface area contributed by atoms with Gasteiger partial charge in [0.05, 0.1) is 0 Å². The van der Waals surface area contributed by atoms with E-state index in [9.17, 15) is 0 Å². The quantitative estimate of drug-likeness (QED) is 0.780. The first-order valence-corrected chi connectivity index (χ1v) is 7.82. The Labute approximate surface area is 115 Å². The fraction of sp³-hybridized carbons (Fsp3) is 1.00. The van der Waals surface area contributed by atoms with Crippen LogP contribution in [0.25, 0.3) is 0 Å². The second-order valence-corrected chi connectivity index (χ2v) is 7.35. The summed E-state index contributed by atoms with van der Waals surface area (Å²) in [7, 11) is 0. The highest BCUT2D eigenvalue weighted by molar-refractivity contribution is 4.85. The summed E-state index contributed by atoms with van der Waals surface area (Å²) in [6, 6.07) is 1.42. The summed E-state index contributed by atoms with van der Waals surface area (Å²) >= 11 is 0. The van der Waals surface area contributed by atoms with Gasteiger partial charge in [-0.25, -0.2) is 0 Å². The molecular weight excluding hydrogens is 220 g/mol. The van der Waals surface area contributed by atoms with Crippen LogP contribution in [0.2, 0.25) is 0 Å². The van der Waals surface area contributed by atoms with Crippen LogP contribution < -0.4 is 5.32 Å². The van der Waals surface area contributed by atoms with Crippen molar-refractivity contribution in [3.05, 3.63) is 0 Å². The number of nitrogens with zero attached hydrogens (tertiary/aromatic N) is 1. The van der Waals surface area contributed by atoms with Crippen LogP contribution in [0.3, 0.4) is 0 Å². The van der Waals surface area contributed by atoms with Crippen molar-refractivity contribution in [2.45, 2.75) is 72.9 Å². The van der Waals surface area contributed by atoms with E-state index < -0.39 is 0 Å². The molecule has 1 aliphatic rings. The highest BCUT2D eigenvalue weighted by Crippen LogP contribution is 2.26. The maximum absolute atomic E-state index is 3.73. The van der Waals surface area contributed by atoms with Gasteiger partial charge < -0.3 is 10.2 Å². The molecule has 0 aromatic carbocycles. The molecule has 0 spiro atoms. The lowest BCUT2D eigenvalue weighted by Crippen LogP contribution is -2.43. The normalized spacial score (nSPS) is 27.7. The molecule has 0 aromatic heterocycles. The van der Waals surface area contributed by atoms with Gasteiger partial charge in [-0.3, -0.25) is 0 Å². The fourth-order valence-corrected chi connectivity index (χ4v) is 3.15. The summed E-state index contributed by atoms with van der Waals surface area (Å²) in [5.74, 6) is 0.886. The predicted octanol–water partition coefficient (Wildman–Crippen LogP) is 3.52. The Hall–Kier alpha value is -0.0800. The minimum absolute atomic E-state index is 0.365. The summed E-state index contributed by atoms with van der Waals surface area (Å²) in [4.78, 5) is 2.68. The first-order valence-electron chi connectivity index (χ1n) is 7.82. The highest BCUT2D eigenvalue weighted by Gasteiger charge is 2.29. The lowest BCUT2D eigenvalue weighted by Gasteiger charge is -2.34. The Bertz CT molecular complexity index is 232. The third kappa shape index (κ3) is 4.89. The van der Waals surface area contributed by atoms with Crippen molar-refractivity contribution >= 4 is 0 Å². The van der Waals surface area contributed by atoms with Crippen molar-refractivity contribution in [1.29, 1.82) is 0 Å². The fourth-order valence-electron chi connectivity index (χ4n) is 3.15. The molecule has 0 amide bonds. The molecule has 1 aliphatic heterocycles. The first-order chi connectivity index (χ1) is 8.34. The molecule has 3 atom stereocenters. The van der Waals surface area contributed by atoms with Crippen LogP contribution in [0.1, 0.15) is 60.8 Å². The van der Waals surface area contributed by atoms with Crippen LogP contribution in [-0.2, 0) is 0 Å². The van der Waals surface area contributed by atoms with Crippen molar-refractivity contribution < 1.29 is 0 Å². The first kappa shape index (κ1) is 16.0. The van der Waals surface area contributed by atoms with Gasteiger partial charge in [0.1, 0.15) is 0 Å². The van der Waals surface area contributed by atoms with Crippen molar-refractivity contribution in [2.75, 3.05) is 19.6 Å². The van der Waals surface area contributed by atoms with Gasteiger partial charge >= 0.3 is 0 Å². The van der Waals surface area contributed by atoms with E-state index in [0.29, 0.717) is 11.5 Å². The molecule has 3 unspecified atom stereocenters. The maximum atomic E-state index is 3.73. The molecule has 0 aromatic rings. The number of rotatable bonds is 6. The molecule has 1 heterocycles. The standard InChI is InChI=1S/C16H34N2/c1-7-9-17-15(16(4,5)6)8-10-18-12-13(2)11-14(18)3/h13-15,17H,7-12H2,1-6H3. The molecule has 108 valence electrons. The molecule has 2 nitrogen and oxygen atoms in total. The second kappa shape index (κ2) is 6.91. The predicted molar refractivity (Wildman–Crippen MR) is 81.0 cm³/mol. The Balaban J connectivity index is 2.41. The average Bonchev–Trinajstić information content (AvgIpc) is 2.55. The van der Waals surface area contributed by atoms with E-state index in [2.05, 4.69) is 51.8 Å². The lowest BCUT2D eigenvalue weighted by molar-refractivity contribution is 0.199. The van der Waals surface area contributed by atoms with E-state index in [1.54, 1.807) is 0 Å². The monoisotopic (exact) mass is 254 g/mol. The van der Waals surface area contributed by atoms with Crippen LogP contribution in [0, 0.1) is 11.3 Å². The zero-order valence-electron chi connectivity index (χ0n) is 13.4. The van der Waals surface area contributed by atoms with E-state index in [-0.39, 0.29) is 0 Å². The summed E-state index contributed by atoms with van der Waals surface area (Å²) in [5.41, 5.74) is 0.365. The Morgan fingerprint density at radius 3 is 2.39 bits per heavy atom. The van der Waals surface area contributed by atoms with Crippen molar-refractivity contribution in [1.82, 2.24) is 10.2 Å². The van der Waals surface area contributed by atoms with Gasteiger partial charge in [0, 0.05) is 18.6 Å². The van der Waals surface area contributed by atoms with Crippen LogP contribution in [0.5, 0.6) is 0 Å². The largest absolute Gasteiger partial charge is 0.313 e. The van der Waals surface area contributed by atoms with Gasteiger partial charge in [-0.1, -0.05) is 34.6 Å². The van der Waals surface area contributed by atoms with E-state index >= 15 is 0 Å². The number of nitrogens with one attached hydrogen (secondary N) is 1. The topological polar surface area (TPSA) is 15.3 Å². The third-order valence-electron chi connectivity index (χ3n) is 4.30. The third-order valence-corrected chi connectivity index (χ3v) is 4.30. The molecule has 2 heteroatoms. The molecule has 1 fully saturated rings. The van der Waals surface area contributed by atoms with Gasteiger partial charge in [-0.2, -0.15) is 0 Å². The number of likely N-dealkylation sites (tertiary alicyclic amines) is 1. The molecule has 0 bridgehead atoms. The van der Waals surface area contributed by atoms with Gasteiger partial charge in [0.2, 0.25) is 0 Å². The van der Waals surface area contributed by atoms with Gasteiger partial charge in [-0.15, -0.1) is 0 Å². The number of hydrogen-bond acceptors (Lipinski definition) is 2. The zero-order valence-corrected chi connectivity index (χ0v) is 13.4. The smallest absolute Gasteiger partial charge is 0.0128 e. The van der Waals surface area contributed by atoms with E-state index in [0.717, 1.165) is 18.5 Å². The zero-order chi connectivity index (χ0) is 13.8. The van der Waals surface area contributed by atoms with Gasteiger partial charge in [-0.05, 0) is 50.6 Å². The molecule has 1 saturated heterocycles. The van der Waals surface area contributed by atoms with Gasteiger partial charge in [0.15, 0.2) is 0 Å². The molecule has 0 saturated carbocycles. The summed E-state index contributed by atoms with van der Waals surface area (Å²) in [5, 5.41) is 3.73. The maximum Gasteiger partial charge on any atom is 0.0128 e. The SMILES string of the molecule is CCCNC(CCN1CC(C)CC1C)C(C)(C)C. The van der Waals surface area contributed by atoms with E-state index in [1.807, 2.05) is 0 Å². The van der Waals surface area contributed by atoms with Gasteiger partial charge in [0.25, 0.3) is 0 Å². The van der Waals surface area contributed by atoms with E-state index in [4.69, 9.17) is 0 Å². The molecular formula is C16H34N2. The molecule has 1 N–H and O–H groups in total. The number of hydrogen-bond donors (Lipinski definition) is 1. The van der Waals surface area contributed by atoms with Crippen molar-refractivity contribution in [3.8, 4) is 0 Å². The highest BCUT2D eigenvalue weighted by atomic mass is 15.2. The molecule has 1 rings (SSSR count). The van der Waals surface area contributed by atoms with Crippen molar-refractivity contribution in [2.24, 2.45) is 11.3 Å². The lowest BCUT2D eigenvalue weighted by atomic mass is 9.84. The summed E-state index contributed by atoms with van der Waals surface area (Å²) < 4.78 is 0. The van der Waals surface area contributed by atoms with Crippen LogP contribution >= 0.6 is 0 Å². The van der Waals surface area contributed by atoms with E-state index in [1.165, 1.54) is 32.4 Å².